The summed E-state index contributed by atoms with van der Waals surface area (Å²) < 4.78 is 27.5. The predicted molar refractivity (Wildman–Crippen MR) is 81.6 cm³/mol. The Hall–Kier alpha value is -0.890. The van der Waals surface area contributed by atoms with Gasteiger partial charge in [0.05, 0.1) is 4.90 Å². The molecule has 0 aliphatic carbocycles. The average molecular weight is 361 g/mol. The van der Waals surface area contributed by atoms with E-state index >= 15 is 0 Å². The van der Waals surface area contributed by atoms with Crippen LogP contribution in [0.3, 0.4) is 0 Å². The first kappa shape index (κ1) is 14.5. The predicted octanol–water partition coefficient (Wildman–Crippen LogP) is 2.88. The summed E-state index contributed by atoms with van der Waals surface area (Å²) in [6.07, 6.45) is 0. The van der Waals surface area contributed by atoms with Gasteiger partial charge in [-0.2, -0.15) is 0 Å². The van der Waals surface area contributed by atoms with Gasteiger partial charge >= 0.3 is 0 Å². The van der Waals surface area contributed by atoms with E-state index in [0.29, 0.717) is 10.2 Å². The number of sulfonamides is 1. The van der Waals surface area contributed by atoms with Crippen molar-refractivity contribution in [1.29, 1.82) is 0 Å². The van der Waals surface area contributed by atoms with E-state index in [4.69, 9.17) is 5.73 Å². The molecule has 1 aromatic carbocycles. The fourth-order valence-electron chi connectivity index (χ4n) is 1.55. The number of halogens is 1. The number of hydrogen-bond donors (Lipinski definition) is 2. The van der Waals surface area contributed by atoms with Crippen LogP contribution in [0.5, 0.6) is 0 Å². The third kappa shape index (κ3) is 3.36. The summed E-state index contributed by atoms with van der Waals surface area (Å²) in [5.41, 5.74) is 7.12. The molecule has 4 nitrogen and oxygen atoms in total. The molecule has 0 saturated carbocycles. The van der Waals surface area contributed by atoms with Crippen molar-refractivity contribution in [1.82, 2.24) is 4.72 Å². The summed E-state index contributed by atoms with van der Waals surface area (Å²) in [7, 11) is -3.58. The topological polar surface area (TPSA) is 72.2 Å². The van der Waals surface area contributed by atoms with E-state index in [1.165, 1.54) is 17.4 Å². The number of aryl methyl sites for hydroxylation is 1. The Labute approximate surface area is 124 Å². The van der Waals surface area contributed by atoms with Crippen LogP contribution in [0, 0.1) is 6.92 Å². The van der Waals surface area contributed by atoms with Crippen molar-refractivity contribution >= 4 is 43.0 Å². The van der Waals surface area contributed by atoms with E-state index in [2.05, 4.69) is 20.7 Å². The monoisotopic (exact) mass is 360 g/mol. The van der Waals surface area contributed by atoms with Gasteiger partial charge in [0, 0.05) is 21.6 Å². The number of benzene rings is 1. The van der Waals surface area contributed by atoms with Crippen molar-refractivity contribution in [3.05, 3.63) is 44.6 Å². The Morgan fingerprint density at radius 1 is 1.37 bits per heavy atom. The van der Waals surface area contributed by atoms with Crippen LogP contribution < -0.4 is 10.5 Å². The Morgan fingerprint density at radius 2 is 2.11 bits per heavy atom. The lowest BCUT2D eigenvalue weighted by atomic mass is 10.3. The zero-order valence-electron chi connectivity index (χ0n) is 10.2. The van der Waals surface area contributed by atoms with Gasteiger partial charge in [0.15, 0.2) is 0 Å². The number of nitrogens with two attached hydrogens (primary N) is 1. The largest absolute Gasteiger partial charge is 0.399 e. The second-order valence-electron chi connectivity index (χ2n) is 4.04. The van der Waals surface area contributed by atoms with E-state index in [1.807, 2.05) is 18.4 Å². The first-order valence-electron chi connectivity index (χ1n) is 5.48. The number of anilines is 1. The Morgan fingerprint density at radius 3 is 2.74 bits per heavy atom. The van der Waals surface area contributed by atoms with Gasteiger partial charge in [-0.05, 0) is 58.1 Å². The van der Waals surface area contributed by atoms with Crippen LogP contribution in [0.2, 0.25) is 0 Å². The highest BCUT2D eigenvalue weighted by Gasteiger charge is 2.18. The van der Waals surface area contributed by atoms with Crippen LogP contribution in [0.1, 0.15) is 10.4 Å². The summed E-state index contributed by atoms with van der Waals surface area (Å²) >= 11 is 4.76. The highest BCUT2D eigenvalue weighted by atomic mass is 79.9. The van der Waals surface area contributed by atoms with Gasteiger partial charge in [-0.1, -0.05) is 0 Å². The molecule has 0 saturated heterocycles. The lowest BCUT2D eigenvalue weighted by Crippen LogP contribution is -2.23. The molecule has 3 N–H and O–H groups in total. The van der Waals surface area contributed by atoms with Crippen molar-refractivity contribution in [3.63, 3.8) is 0 Å². The molecule has 7 heteroatoms. The molecular weight excluding hydrogens is 348 g/mol. The fraction of sp³-hybridized carbons (Fsp3) is 0.167. The van der Waals surface area contributed by atoms with Crippen LogP contribution >= 0.6 is 27.3 Å². The van der Waals surface area contributed by atoms with E-state index in [9.17, 15) is 8.42 Å². The van der Waals surface area contributed by atoms with Crippen LogP contribution in [-0.2, 0) is 16.6 Å². The number of hydrogen-bond acceptors (Lipinski definition) is 4. The average Bonchev–Trinajstić information content (AvgIpc) is 2.75. The van der Waals surface area contributed by atoms with Gasteiger partial charge in [0.2, 0.25) is 10.0 Å². The molecule has 0 aliphatic rings. The molecule has 19 heavy (non-hydrogen) atoms. The van der Waals surface area contributed by atoms with Crippen molar-refractivity contribution in [3.8, 4) is 0 Å². The van der Waals surface area contributed by atoms with Crippen molar-refractivity contribution < 1.29 is 8.42 Å². The molecule has 0 atom stereocenters. The molecule has 0 fully saturated rings. The van der Waals surface area contributed by atoms with E-state index in [0.717, 1.165) is 10.4 Å². The first-order chi connectivity index (χ1) is 8.90. The van der Waals surface area contributed by atoms with Gasteiger partial charge in [-0.25, -0.2) is 13.1 Å². The Bertz CT molecular complexity index is 696. The lowest BCUT2D eigenvalue weighted by Gasteiger charge is -2.09. The lowest BCUT2D eigenvalue weighted by molar-refractivity contribution is 0.581. The maximum Gasteiger partial charge on any atom is 0.242 e. The number of rotatable bonds is 4. The Kier molecular flexibility index (Phi) is 4.29. The van der Waals surface area contributed by atoms with Crippen molar-refractivity contribution in [2.45, 2.75) is 18.4 Å². The number of nitrogens with one attached hydrogen (secondary N) is 1. The minimum atomic E-state index is -3.58. The van der Waals surface area contributed by atoms with Crippen molar-refractivity contribution in [2.75, 3.05) is 5.73 Å². The summed E-state index contributed by atoms with van der Waals surface area (Å²) in [6, 6.07) is 6.67. The van der Waals surface area contributed by atoms with Crippen LogP contribution in [0.4, 0.5) is 5.69 Å². The SMILES string of the molecule is Cc1ccsc1CNS(=O)(=O)c1cc(N)ccc1Br. The van der Waals surface area contributed by atoms with Gasteiger partial charge in [-0.15, -0.1) is 11.3 Å². The van der Waals surface area contributed by atoms with E-state index in [-0.39, 0.29) is 11.4 Å². The fourth-order valence-corrected chi connectivity index (χ4v) is 4.48. The molecule has 1 aromatic heterocycles. The van der Waals surface area contributed by atoms with Gasteiger partial charge < -0.3 is 5.73 Å². The highest BCUT2D eigenvalue weighted by molar-refractivity contribution is 9.10. The zero-order valence-corrected chi connectivity index (χ0v) is 13.4. The molecular formula is C12H13BrN2O2S2. The molecule has 2 rings (SSSR count). The summed E-state index contributed by atoms with van der Waals surface area (Å²) in [4.78, 5) is 1.16. The molecule has 0 radical (unpaired) electrons. The quantitative estimate of drug-likeness (QED) is 0.823. The second kappa shape index (κ2) is 5.62. The van der Waals surface area contributed by atoms with Crippen LogP contribution in [0.15, 0.2) is 39.0 Å². The van der Waals surface area contributed by atoms with Gasteiger partial charge in [0.25, 0.3) is 0 Å². The van der Waals surface area contributed by atoms with Gasteiger partial charge in [-0.3, -0.25) is 0 Å². The molecule has 0 spiro atoms. The number of nitrogen functional groups attached to an aromatic ring is 1. The standard InChI is InChI=1S/C12H13BrN2O2S2/c1-8-4-5-18-11(8)7-15-19(16,17)12-6-9(14)2-3-10(12)13/h2-6,15H,7,14H2,1H3. The summed E-state index contributed by atoms with van der Waals surface area (Å²) in [5, 5.41) is 1.94. The minimum Gasteiger partial charge on any atom is -0.399 e. The van der Waals surface area contributed by atoms with Crippen molar-refractivity contribution in [2.24, 2.45) is 0 Å². The molecule has 0 bridgehead atoms. The smallest absolute Gasteiger partial charge is 0.242 e. The molecule has 0 amide bonds. The second-order valence-corrected chi connectivity index (χ2v) is 7.63. The van der Waals surface area contributed by atoms with E-state index in [1.54, 1.807) is 12.1 Å². The Balaban J connectivity index is 2.23. The molecule has 1 heterocycles. The van der Waals surface area contributed by atoms with E-state index < -0.39 is 10.0 Å². The molecule has 2 aromatic rings. The summed E-state index contributed by atoms with van der Waals surface area (Å²) in [5.74, 6) is 0. The molecule has 0 aliphatic heterocycles. The normalized spacial score (nSPS) is 11.7. The third-order valence-electron chi connectivity index (χ3n) is 2.64. The minimum absolute atomic E-state index is 0.154. The molecule has 102 valence electrons. The van der Waals surface area contributed by atoms with Gasteiger partial charge in [0.1, 0.15) is 0 Å². The maximum atomic E-state index is 12.2. The summed E-state index contributed by atoms with van der Waals surface area (Å²) in [6.45, 7) is 2.24. The zero-order chi connectivity index (χ0) is 14.0. The number of thiophene rings is 1. The first-order valence-corrected chi connectivity index (χ1v) is 8.63. The molecule has 0 unspecified atom stereocenters. The van der Waals surface area contributed by atoms with Crippen LogP contribution in [-0.4, -0.2) is 8.42 Å². The highest BCUT2D eigenvalue weighted by Crippen LogP contribution is 2.24. The maximum absolute atomic E-state index is 12.2. The third-order valence-corrected chi connectivity index (χ3v) is 6.05. The van der Waals surface area contributed by atoms with Crippen LogP contribution in [0.25, 0.3) is 0 Å².